The Labute approximate surface area is 240 Å². The Morgan fingerprint density at radius 2 is 1.59 bits per heavy atom. The van der Waals surface area contributed by atoms with Crippen LogP contribution < -0.4 is 9.62 Å². The number of anilines is 1. The molecule has 1 atom stereocenters. The molecule has 0 saturated heterocycles. The molecule has 0 aliphatic heterocycles. The third kappa shape index (κ3) is 8.41. The summed E-state index contributed by atoms with van der Waals surface area (Å²) in [7, 11) is -2.00. The normalized spacial score (nSPS) is 12.0. The molecule has 3 aromatic rings. The first-order valence-corrected chi connectivity index (χ1v) is 15.5. The number of carbonyl (C=O) groups excluding carboxylic acids is 2. The summed E-state index contributed by atoms with van der Waals surface area (Å²) in [5, 5.41) is 2.71. The molecule has 0 aliphatic rings. The number of aryl methyl sites for hydroxylation is 1. The molecule has 0 saturated carbocycles. The van der Waals surface area contributed by atoms with Crippen LogP contribution in [0.1, 0.15) is 35.1 Å². The first kappa shape index (κ1) is 30.4. The van der Waals surface area contributed by atoms with Crippen LogP contribution in [0.5, 0.6) is 0 Å². The maximum Gasteiger partial charge on any atom is 0.242 e. The van der Waals surface area contributed by atoms with E-state index < -0.39 is 16.1 Å². The van der Waals surface area contributed by atoms with Crippen molar-refractivity contribution < 1.29 is 18.0 Å². The lowest BCUT2D eigenvalue weighted by atomic mass is 10.0. The van der Waals surface area contributed by atoms with Crippen LogP contribution in [0.15, 0.2) is 77.3 Å². The maximum absolute atomic E-state index is 13.7. The lowest BCUT2D eigenvalue weighted by Gasteiger charge is -2.32. The number of sulfonamides is 1. The minimum Gasteiger partial charge on any atom is -0.357 e. The molecule has 0 fully saturated rings. The Morgan fingerprint density at radius 1 is 0.923 bits per heavy atom. The number of nitrogens with one attached hydrogen (secondary N) is 1. The molecule has 0 aliphatic carbocycles. The molecule has 0 radical (unpaired) electrons. The number of carbonyl (C=O) groups is 2. The van der Waals surface area contributed by atoms with Crippen molar-refractivity contribution in [2.75, 3.05) is 24.2 Å². The minimum atomic E-state index is -3.56. The van der Waals surface area contributed by atoms with Gasteiger partial charge in [0.2, 0.25) is 21.8 Å². The highest BCUT2D eigenvalue weighted by Crippen LogP contribution is 2.26. The van der Waals surface area contributed by atoms with E-state index in [1.807, 2.05) is 80.6 Å². The fourth-order valence-corrected chi connectivity index (χ4v) is 5.78. The van der Waals surface area contributed by atoms with E-state index in [0.717, 1.165) is 26.7 Å². The number of nitrogens with zero attached hydrogens (tertiary/aromatic N) is 2. The first-order chi connectivity index (χ1) is 18.5. The molecule has 9 heteroatoms. The SMILES string of the molecule is CNC(=O)[C@H](Cc1ccccc1)N(Cc1ccc(Br)cc1)C(=O)CCCN(c1cccc(C)c1C)S(C)(=O)=O. The van der Waals surface area contributed by atoms with E-state index >= 15 is 0 Å². The molecule has 1 N–H and O–H groups in total. The average molecular weight is 615 g/mol. The van der Waals surface area contributed by atoms with Gasteiger partial charge in [-0.3, -0.25) is 13.9 Å². The highest BCUT2D eigenvalue weighted by Gasteiger charge is 2.30. The van der Waals surface area contributed by atoms with Crippen molar-refractivity contribution in [1.82, 2.24) is 10.2 Å². The molecule has 7 nitrogen and oxygen atoms in total. The Bertz CT molecular complexity index is 1380. The van der Waals surface area contributed by atoms with E-state index in [4.69, 9.17) is 0 Å². The number of hydrogen-bond donors (Lipinski definition) is 1. The number of amides is 2. The summed E-state index contributed by atoms with van der Waals surface area (Å²) < 4.78 is 27.7. The highest BCUT2D eigenvalue weighted by molar-refractivity contribution is 9.10. The summed E-state index contributed by atoms with van der Waals surface area (Å²) in [6, 6.07) is 22.1. The lowest BCUT2D eigenvalue weighted by Crippen LogP contribution is -2.49. The van der Waals surface area contributed by atoms with E-state index in [2.05, 4.69) is 21.2 Å². The van der Waals surface area contributed by atoms with E-state index in [1.165, 1.54) is 10.6 Å². The second-order valence-electron chi connectivity index (χ2n) is 9.63. The Hall–Kier alpha value is -3.17. The third-order valence-electron chi connectivity index (χ3n) is 6.78. The van der Waals surface area contributed by atoms with E-state index in [9.17, 15) is 18.0 Å². The Morgan fingerprint density at radius 3 is 2.21 bits per heavy atom. The molecule has 39 heavy (non-hydrogen) atoms. The van der Waals surface area contributed by atoms with Gasteiger partial charge in [0.05, 0.1) is 11.9 Å². The van der Waals surface area contributed by atoms with Gasteiger partial charge >= 0.3 is 0 Å². The summed E-state index contributed by atoms with van der Waals surface area (Å²) in [6.45, 7) is 4.24. The van der Waals surface area contributed by atoms with Crippen molar-refractivity contribution >= 4 is 43.5 Å². The van der Waals surface area contributed by atoms with Gasteiger partial charge in [-0.25, -0.2) is 8.42 Å². The second kappa shape index (κ2) is 13.8. The number of hydrogen-bond acceptors (Lipinski definition) is 4. The minimum absolute atomic E-state index is 0.0930. The molecular formula is C30H36BrN3O4S. The van der Waals surface area contributed by atoms with Crippen LogP contribution in [0, 0.1) is 13.8 Å². The van der Waals surface area contributed by atoms with Crippen molar-refractivity contribution in [2.45, 2.75) is 45.7 Å². The first-order valence-electron chi connectivity index (χ1n) is 12.8. The van der Waals surface area contributed by atoms with Crippen molar-refractivity contribution in [3.8, 4) is 0 Å². The van der Waals surface area contributed by atoms with E-state index in [1.54, 1.807) is 18.0 Å². The molecular weight excluding hydrogens is 578 g/mol. The quantitative estimate of drug-likeness (QED) is 0.311. The molecule has 2 amide bonds. The average Bonchev–Trinajstić information content (AvgIpc) is 2.91. The summed E-state index contributed by atoms with van der Waals surface area (Å²) in [4.78, 5) is 28.4. The van der Waals surface area contributed by atoms with Gasteiger partial charge in [-0.2, -0.15) is 0 Å². The topological polar surface area (TPSA) is 86.8 Å². The van der Waals surface area contributed by atoms with Crippen molar-refractivity contribution in [3.05, 3.63) is 99.5 Å². The number of halogens is 1. The largest absolute Gasteiger partial charge is 0.357 e. The zero-order chi connectivity index (χ0) is 28.6. The highest BCUT2D eigenvalue weighted by atomic mass is 79.9. The molecule has 0 heterocycles. The summed E-state index contributed by atoms with van der Waals surface area (Å²) >= 11 is 3.44. The number of rotatable bonds is 12. The standard InChI is InChI=1S/C30H36BrN3O4S/c1-22-10-8-13-27(23(22)2)34(39(4,37)38)19-9-14-29(35)33(21-25-15-17-26(31)18-16-25)28(30(36)32-3)20-24-11-6-5-7-12-24/h5-8,10-13,15-18,28H,9,14,19-21H2,1-4H3,(H,32,36)/t28-/m0/s1. The summed E-state index contributed by atoms with van der Waals surface area (Å²) in [5.41, 5.74) is 4.32. The van der Waals surface area contributed by atoms with Gasteiger partial charge in [0.25, 0.3) is 0 Å². The van der Waals surface area contributed by atoms with Crippen LogP contribution in [0.25, 0.3) is 0 Å². The van der Waals surface area contributed by atoms with Gasteiger partial charge in [-0.15, -0.1) is 0 Å². The third-order valence-corrected chi connectivity index (χ3v) is 8.49. The molecule has 3 rings (SSSR count). The van der Waals surface area contributed by atoms with E-state index in [0.29, 0.717) is 18.5 Å². The van der Waals surface area contributed by atoms with Gasteiger partial charge in [-0.1, -0.05) is 70.5 Å². The fraction of sp³-hybridized carbons (Fsp3) is 0.333. The van der Waals surface area contributed by atoms with Crippen LogP contribution in [0.3, 0.4) is 0 Å². The number of likely N-dealkylation sites (N-methyl/N-ethyl adjacent to an activating group) is 1. The molecule has 0 bridgehead atoms. The van der Waals surface area contributed by atoms with Crippen LogP contribution in [0.2, 0.25) is 0 Å². The lowest BCUT2D eigenvalue weighted by molar-refractivity contribution is -0.141. The summed E-state index contributed by atoms with van der Waals surface area (Å²) in [6.07, 6.45) is 1.94. The maximum atomic E-state index is 13.7. The molecule has 0 spiro atoms. The Balaban J connectivity index is 1.86. The summed E-state index contributed by atoms with van der Waals surface area (Å²) in [5.74, 6) is -0.464. The molecule has 208 valence electrons. The second-order valence-corrected chi connectivity index (χ2v) is 12.4. The molecule has 0 aromatic heterocycles. The zero-order valence-electron chi connectivity index (χ0n) is 22.9. The zero-order valence-corrected chi connectivity index (χ0v) is 25.3. The monoisotopic (exact) mass is 613 g/mol. The predicted octanol–water partition coefficient (Wildman–Crippen LogP) is 5.00. The predicted molar refractivity (Wildman–Crippen MR) is 160 cm³/mol. The van der Waals surface area contributed by atoms with Crippen molar-refractivity contribution in [1.29, 1.82) is 0 Å². The van der Waals surface area contributed by atoms with Crippen molar-refractivity contribution in [3.63, 3.8) is 0 Å². The van der Waals surface area contributed by atoms with Gasteiger partial charge < -0.3 is 10.2 Å². The van der Waals surface area contributed by atoms with Gasteiger partial charge in [0.1, 0.15) is 6.04 Å². The van der Waals surface area contributed by atoms with Crippen LogP contribution in [-0.2, 0) is 32.6 Å². The van der Waals surface area contributed by atoms with Crippen LogP contribution >= 0.6 is 15.9 Å². The smallest absolute Gasteiger partial charge is 0.242 e. The van der Waals surface area contributed by atoms with Crippen molar-refractivity contribution in [2.24, 2.45) is 0 Å². The van der Waals surface area contributed by atoms with E-state index in [-0.39, 0.29) is 31.3 Å². The van der Waals surface area contributed by atoms with Crippen LogP contribution in [0.4, 0.5) is 5.69 Å². The van der Waals surface area contributed by atoms with Gasteiger partial charge in [-0.05, 0) is 60.7 Å². The van der Waals surface area contributed by atoms with Gasteiger partial charge in [0.15, 0.2) is 0 Å². The Kier molecular flexibility index (Phi) is 10.7. The molecule has 3 aromatic carbocycles. The van der Waals surface area contributed by atoms with Crippen LogP contribution in [-0.4, -0.2) is 51.0 Å². The fourth-order valence-electron chi connectivity index (χ4n) is 4.50. The number of benzene rings is 3. The van der Waals surface area contributed by atoms with Gasteiger partial charge in [0, 0.05) is 37.5 Å². The molecule has 0 unspecified atom stereocenters.